The van der Waals surface area contributed by atoms with E-state index in [2.05, 4.69) is 25.5 Å². The molecule has 0 bridgehead atoms. The number of hydrogen-bond acceptors (Lipinski definition) is 1. The molecule has 3 unspecified atom stereocenters. The van der Waals surface area contributed by atoms with Crippen molar-refractivity contribution in [3.8, 4) is 0 Å². The largest absolute Gasteiger partial charge is 0.266 e. The number of alkyl halides is 1. The molecular weight excluding hydrogens is 244 g/mol. The molecule has 18 heavy (non-hydrogen) atoms. The molecule has 1 aliphatic rings. The van der Waals surface area contributed by atoms with Crippen molar-refractivity contribution in [1.82, 2.24) is 9.78 Å². The highest BCUT2D eigenvalue weighted by atomic mass is 35.5. The number of aromatic nitrogens is 2. The van der Waals surface area contributed by atoms with E-state index >= 15 is 0 Å². The molecule has 0 N–H and O–H groups in total. The van der Waals surface area contributed by atoms with E-state index in [1.165, 1.54) is 43.4 Å². The molecule has 0 aliphatic heterocycles. The first-order valence-electron chi connectivity index (χ1n) is 7.24. The third kappa shape index (κ3) is 2.59. The van der Waals surface area contributed by atoms with Crippen molar-refractivity contribution in [2.75, 3.05) is 0 Å². The second kappa shape index (κ2) is 5.64. The summed E-state index contributed by atoms with van der Waals surface area (Å²) in [6, 6.07) is 0.589. The van der Waals surface area contributed by atoms with Crippen molar-refractivity contribution < 1.29 is 0 Å². The summed E-state index contributed by atoms with van der Waals surface area (Å²) in [5, 5.41) is 4.82. The molecule has 0 aromatic carbocycles. The summed E-state index contributed by atoms with van der Waals surface area (Å²) >= 11 is 6.27. The van der Waals surface area contributed by atoms with E-state index in [1.54, 1.807) is 0 Å². The van der Waals surface area contributed by atoms with Crippen molar-refractivity contribution in [2.45, 2.75) is 71.2 Å². The van der Waals surface area contributed by atoms with Gasteiger partial charge in [0.15, 0.2) is 0 Å². The van der Waals surface area contributed by atoms with E-state index in [9.17, 15) is 0 Å². The second-order valence-electron chi connectivity index (χ2n) is 5.74. The van der Waals surface area contributed by atoms with Crippen LogP contribution in [0.2, 0.25) is 0 Å². The highest BCUT2D eigenvalue weighted by Gasteiger charge is 2.26. The monoisotopic (exact) mass is 268 g/mol. The van der Waals surface area contributed by atoms with E-state index in [-0.39, 0.29) is 5.38 Å². The number of aryl methyl sites for hydroxylation is 1. The quantitative estimate of drug-likeness (QED) is 0.710. The first-order valence-corrected chi connectivity index (χ1v) is 7.67. The van der Waals surface area contributed by atoms with Gasteiger partial charge in [0.2, 0.25) is 0 Å². The Bertz CT molecular complexity index is 409. The van der Waals surface area contributed by atoms with E-state index in [1.807, 2.05) is 6.92 Å². The Hall–Kier alpha value is -0.500. The van der Waals surface area contributed by atoms with E-state index in [4.69, 9.17) is 16.7 Å². The van der Waals surface area contributed by atoms with Crippen LogP contribution in [0, 0.1) is 19.8 Å². The highest BCUT2D eigenvalue weighted by Crippen LogP contribution is 2.36. The summed E-state index contributed by atoms with van der Waals surface area (Å²) in [6.07, 6.45) is 6.59. The van der Waals surface area contributed by atoms with Gasteiger partial charge in [0.05, 0.1) is 17.1 Å². The van der Waals surface area contributed by atoms with Gasteiger partial charge in [-0.25, -0.2) is 0 Å². The SMILES string of the molecule is CCC1CCCC(n2nc(C)c(C(C)Cl)c2C)C1. The van der Waals surface area contributed by atoms with Gasteiger partial charge >= 0.3 is 0 Å². The van der Waals surface area contributed by atoms with Gasteiger partial charge in [-0.1, -0.05) is 26.2 Å². The number of halogens is 1. The Morgan fingerprint density at radius 3 is 2.67 bits per heavy atom. The normalized spacial score (nSPS) is 26.3. The number of rotatable bonds is 3. The molecule has 0 spiro atoms. The lowest BCUT2D eigenvalue weighted by Crippen LogP contribution is -2.20. The van der Waals surface area contributed by atoms with Gasteiger partial charge in [-0.05, 0) is 39.5 Å². The van der Waals surface area contributed by atoms with Crippen LogP contribution in [0.25, 0.3) is 0 Å². The maximum atomic E-state index is 6.27. The van der Waals surface area contributed by atoms with Crippen molar-refractivity contribution in [2.24, 2.45) is 5.92 Å². The van der Waals surface area contributed by atoms with Gasteiger partial charge in [0, 0.05) is 11.3 Å². The zero-order valence-electron chi connectivity index (χ0n) is 12.0. The molecule has 2 nitrogen and oxygen atoms in total. The van der Waals surface area contributed by atoms with Crippen molar-refractivity contribution in [3.05, 3.63) is 17.0 Å². The lowest BCUT2D eigenvalue weighted by Gasteiger charge is -2.29. The fourth-order valence-corrected chi connectivity index (χ4v) is 3.78. The summed E-state index contributed by atoms with van der Waals surface area (Å²) in [5.41, 5.74) is 3.61. The van der Waals surface area contributed by atoms with E-state index in [0.717, 1.165) is 11.6 Å². The number of hydrogen-bond donors (Lipinski definition) is 0. The average Bonchev–Trinajstić information content (AvgIpc) is 2.65. The first kappa shape index (κ1) is 13.9. The Balaban J connectivity index is 2.25. The maximum absolute atomic E-state index is 6.27. The van der Waals surface area contributed by atoms with Crippen molar-refractivity contribution in [1.29, 1.82) is 0 Å². The Morgan fingerprint density at radius 1 is 1.39 bits per heavy atom. The number of nitrogens with zero attached hydrogens (tertiary/aromatic N) is 2. The van der Waals surface area contributed by atoms with Gasteiger partial charge in [-0.15, -0.1) is 11.6 Å². The van der Waals surface area contributed by atoms with Gasteiger partial charge in [0.25, 0.3) is 0 Å². The predicted octanol–water partition coefficient (Wildman–Crippen LogP) is 4.94. The smallest absolute Gasteiger partial charge is 0.0643 e. The van der Waals surface area contributed by atoms with Crippen molar-refractivity contribution in [3.63, 3.8) is 0 Å². The molecule has 3 heteroatoms. The Kier molecular flexibility index (Phi) is 4.37. The summed E-state index contributed by atoms with van der Waals surface area (Å²) in [5.74, 6) is 0.879. The lowest BCUT2D eigenvalue weighted by molar-refractivity contribution is 0.244. The predicted molar refractivity (Wildman–Crippen MR) is 77.3 cm³/mol. The molecule has 1 aromatic rings. The maximum Gasteiger partial charge on any atom is 0.0643 e. The fraction of sp³-hybridized carbons (Fsp3) is 0.800. The molecule has 0 saturated heterocycles. The highest BCUT2D eigenvalue weighted by molar-refractivity contribution is 6.20. The van der Waals surface area contributed by atoms with Crippen molar-refractivity contribution >= 4 is 11.6 Å². The van der Waals surface area contributed by atoms with Crippen LogP contribution in [-0.2, 0) is 0 Å². The van der Waals surface area contributed by atoms with Crippen LogP contribution in [0.3, 0.4) is 0 Å². The molecule has 1 saturated carbocycles. The van der Waals surface area contributed by atoms with Crippen LogP contribution in [0.4, 0.5) is 0 Å². The topological polar surface area (TPSA) is 17.8 Å². The summed E-state index contributed by atoms with van der Waals surface area (Å²) < 4.78 is 2.26. The standard InChI is InChI=1S/C15H25ClN2/c1-5-13-7-6-8-14(9-13)18-12(4)15(10(2)16)11(3)17-18/h10,13-14H,5-9H2,1-4H3. The van der Waals surface area contributed by atoms with Gasteiger partial charge < -0.3 is 0 Å². The fourth-order valence-electron chi connectivity index (χ4n) is 3.46. The molecule has 0 radical (unpaired) electrons. The van der Waals surface area contributed by atoms with Crippen LogP contribution in [0.15, 0.2) is 0 Å². The third-order valence-electron chi connectivity index (χ3n) is 4.46. The molecule has 1 fully saturated rings. The molecule has 0 amide bonds. The molecule has 1 aromatic heterocycles. The minimum atomic E-state index is 0.0595. The van der Waals surface area contributed by atoms with E-state index in [0.29, 0.717) is 6.04 Å². The summed E-state index contributed by atoms with van der Waals surface area (Å²) in [4.78, 5) is 0. The molecule has 2 rings (SSSR count). The second-order valence-corrected chi connectivity index (χ2v) is 6.39. The van der Waals surface area contributed by atoms with Crippen LogP contribution < -0.4 is 0 Å². The van der Waals surface area contributed by atoms with Crippen LogP contribution in [0.1, 0.15) is 74.3 Å². The molecular formula is C15H25ClN2. The minimum absolute atomic E-state index is 0.0595. The minimum Gasteiger partial charge on any atom is -0.266 e. The molecule has 3 atom stereocenters. The Morgan fingerprint density at radius 2 is 2.11 bits per heavy atom. The Labute approximate surface area is 116 Å². The lowest BCUT2D eigenvalue weighted by atomic mass is 9.84. The van der Waals surface area contributed by atoms with Crippen LogP contribution in [0.5, 0.6) is 0 Å². The third-order valence-corrected chi connectivity index (χ3v) is 4.68. The molecule has 1 aliphatic carbocycles. The van der Waals surface area contributed by atoms with Gasteiger partial charge in [0.1, 0.15) is 0 Å². The van der Waals surface area contributed by atoms with Crippen LogP contribution >= 0.6 is 11.6 Å². The van der Waals surface area contributed by atoms with Gasteiger partial charge in [-0.2, -0.15) is 5.10 Å². The van der Waals surface area contributed by atoms with E-state index < -0.39 is 0 Å². The van der Waals surface area contributed by atoms with Gasteiger partial charge in [-0.3, -0.25) is 4.68 Å². The summed E-state index contributed by atoms with van der Waals surface area (Å²) in [6.45, 7) is 8.60. The summed E-state index contributed by atoms with van der Waals surface area (Å²) in [7, 11) is 0. The van der Waals surface area contributed by atoms with Crippen LogP contribution in [-0.4, -0.2) is 9.78 Å². The molecule has 102 valence electrons. The average molecular weight is 269 g/mol. The zero-order chi connectivity index (χ0) is 13.3. The zero-order valence-corrected chi connectivity index (χ0v) is 12.8. The molecule has 1 heterocycles. The first-order chi connectivity index (χ1) is 8.54.